The van der Waals surface area contributed by atoms with Crippen LogP contribution in [0.4, 0.5) is 17.5 Å². The van der Waals surface area contributed by atoms with Gasteiger partial charge in [-0.3, -0.25) is 9.69 Å². The van der Waals surface area contributed by atoms with Gasteiger partial charge in [0.2, 0.25) is 11.9 Å². The average molecular weight is 566 g/mol. The average Bonchev–Trinajstić information content (AvgIpc) is 3.51. The summed E-state index contributed by atoms with van der Waals surface area (Å²) >= 11 is 0. The highest BCUT2D eigenvalue weighted by molar-refractivity contribution is 7.92. The number of amides is 1. The van der Waals surface area contributed by atoms with Gasteiger partial charge in [0.15, 0.2) is 9.84 Å². The number of aromatic nitrogens is 2. The van der Waals surface area contributed by atoms with Gasteiger partial charge in [-0.2, -0.15) is 4.98 Å². The molecule has 8 nitrogen and oxygen atoms in total. The van der Waals surface area contributed by atoms with E-state index in [0.717, 1.165) is 113 Å². The third-order valence-electron chi connectivity index (χ3n) is 10.9. The minimum Gasteiger partial charge on any atom is -0.324 e. The summed E-state index contributed by atoms with van der Waals surface area (Å²) in [5, 5.41) is 3.04. The van der Waals surface area contributed by atoms with Crippen LogP contribution in [-0.2, 0) is 20.0 Å². The minimum atomic E-state index is -3.37. The molecular formula is C31H43N5O3S. The second kappa shape index (κ2) is 9.51. The van der Waals surface area contributed by atoms with Gasteiger partial charge in [-0.1, -0.05) is 26.2 Å². The van der Waals surface area contributed by atoms with Crippen LogP contribution < -0.4 is 10.2 Å². The smallest absolute Gasteiger partial charge is 0.239 e. The second-order valence-corrected chi connectivity index (χ2v) is 15.3. The monoisotopic (exact) mass is 565 g/mol. The molecule has 3 heterocycles. The predicted molar refractivity (Wildman–Crippen MR) is 158 cm³/mol. The van der Waals surface area contributed by atoms with Crippen LogP contribution in [0, 0.1) is 12.3 Å². The largest absolute Gasteiger partial charge is 0.324 e. The number of hydrogen-bond acceptors (Lipinski definition) is 7. The number of anilines is 3. The Balaban J connectivity index is 0.00000302. The minimum absolute atomic E-state index is 0. The highest BCUT2D eigenvalue weighted by atomic mass is 32.2. The van der Waals surface area contributed by atoms with E-state index >= 15 is 0 Å². The number of nitrogens with zero attached hydrogens (tertiary/aromatic N) is 4. The first-order valence-electron chi connectivity index (χ1n) is 15.3. The lowest BCUT2D eigenvalue weighted by molar-refractivity contribution is -0.126. The van der Waals surface area contributed by atoms with Crippen molar-refractivity contribution in [2.24, 2.45) is 5.41 Å². The third kappa shape index (κ3) is 4.02. The van der Waals surface area contributed by atoms with Crippen LogP contribution in [0.15, 0.2) is 29.3 Å². The van der Waals surface area contributed by atoms with Crippen LogP contribution in [0.2, 0.25) is 0 Å². The van der Waals surface area contributed by atoms with Crippen molar-refractivity contribution in [3.63, 3.8) is 0 Å². The molecule has 1 saturated heterocycles. The van der Waals surface area contributed by atoms with E-state index in [-0.39, 0.29) is 24.0 Å². The van der Waals surface area contributed by atoms with Crippen molar-refractivity contribution in [1.82, 2.24) is 14.9 Å². The lowest BCUT2D eigenvalue weighted by atomic mass is 9.63. The zero-order chi connectivity index (χ0) is 27.7. The molecule has 1 aromatic carbocycles. The molecular weight excluding hydrogens is 522 g/mol. The Kier molecular flexibility index (Phi) is 6.27. The molecule has 40 heavy (non-hydrogen) atoms. The molecule has 2 aliphatic heterocycles. The van der Waals surface area contributed by atoms with Crippen LogP contribution in [0.25, 0.3) is 0 Å². The number of benzene rings is 1. The molecule has 2 spiro atoms. The topological polar surface area (TPSA) is 95.5 Å². The molecule has 5 aliphatic rings. The molecule has 1 aromatic heterocycles. The van der Waals surface area contributed by atoms with Crippen LogP contribution >= 0.6 is 0 Å². The van der Waals surface area contributed by atoms with Crippen molar-refractivity contribution in [3.05, 3.63) is 35.5 Å². The summed E-state index contributed by atoms with van der Waals surface area (Å²) in [5.41, 5.74) is 2.41. The molecule has 7 rings (SSSR count). The molecule has 0 radical (unpaired) electrons. The predicted octanol–water partition coefficient (Wildman–Crippen LogP) is 5.52. The van der Waals surface area contributed by atoms with Gasteiger partial charge in [-0.25, -0.2) is 13.4 Å². The Labute approximate surface area is 239 Å². The number of piperidine rings is 1. The fourth-order valence-electron chi connectivity index (χ4n) is 8.05. The fourth-order valence-corrected chi connectivity index (χ4v) is 10.2. The fraction of sp³-hybridized carbons (Fsp3) is 0.645. The second-order valence-electron chi connectivity index (χ2n) is 13.1. The van der Waals surface area contributed by atoms with Gasteiger partial charge >= 0.3 is 0 Å². The van der Waals surface area contributed by atoms with Gasteiger partial charge in [0.1, 0.15) is 5.82 Å². The van der Waals surface area contributed by atoms with Crippen molar-refractivity contribution in [1.29, 1.82) is 0 Å². The number of nitrogens with one attached hydrogen (secondary N) is 1. The maximum absolute atomic E-state index is 13.6. The van der Waals surface area contributed by atoms with Crippen LogP contribution in [0.3, 0.4) is 0 Å². The first kappa shape index (κ1) is 26.4. The first-order valence-corrected chi connectivity index (χ1v) is 16.8. The molecule has 0 unspecified atom stereocenters. The summed E-state index contributed by atoms with van der Waals surface area (Å²) < 4.78 is 27.0. The number of fused-ring (bicyclic) bond motifs is 2. The Bertz CT molecular complexity index is 1440. The van der Waals surface area contributed by atoms with E-state index in [9.17, 15) is 13.2 Å². The van der Waals surface area contributed by atoms with Gasteiger partial charge in [0.25, 0.3) is 0 Å². The van der Waals surface area contributed by atoms with Gasteiger partial charge in [0, 0.05) is 24.9 Å². The summed E-state index contributed by atoms with van der Waals surface area (Å²) in [5.74, 6) is 1.44. The molecule has 0 bridgehead atoms. The number of likely N-dealkylation sites (tertiary alicyclic amines) is 1. The molecule has 9 heteroatoms. The zero-order valence-corrected chi connectivity index (χ0v) is 24.6. The Morgan fingerprint density at radius 2 is 1.80 bits per heavy atom. The van der Waals surface area contributed by atoms with E-state index in [4.69, 9.17) is 4.98 Å². The van der Waals surface area contributed by atoms with Gasteiger partial charge in [0.05, 0.1) is 15.6 Å². The normalized spacial score (nSPS) is 24.4. The van der Waals surface area contributed by atoms with E-state index < -0.39 is 15.3 Å². The molecule has 3 aliphatic carbocycles. The third-order valence-corrected chi connectivity index (χ3v) is 13.1. The highest BCUT2D eigenvalue weighted by Gasteiger charge is 2.57. The molecule has 4 fully saturated rings. The molecule has 1 N–H and O–H groups in total. The van der Waals surface area contributed by atoms with E-state index in [0.29, 0.717) is 10.8 Å². The molecule has 0 atom stereocenters. The number of carbonyl (C=O) groups excluding carboxylic acids is 1. The lowest BCUT2D eigenvalue weighted by Gasteiger charge is -2.51. The molecule has 216 valence electrons. The zero-order valence-electron chi connectivity index (χ0n) is 23.8. The number of hydrogen-bond donors (Lipinski definition) is 1. The summed E-state index contributed by atoms with van der Waals surface area (Å²) in [6.07, 6.45) is 12.8. The Hall–Kier alpha value is -2.52. The quantitative estimate of drug-likeness (QED) is 0.492. The maximum atomic E-state index is 13.6. The number of carbonyl (C=O) groups is 1. The number of rotatable bonds is 6. The van der Waals surface area contributed by atoms with E-state index in [2.05, 4.69) is 22.1 Å². The van der Waals surface area contributed by atoms with Crippen LogP contribution in [-0.4, -0.2) is 60.1 Å². The van der Waals surface area contributed by atoms with Crippen LogP contribution in [0.5, 0.6) is 0 Å². The lowest BCUT2D eigenvalue weighted by Crippen LogP contribution is -2.51. The summed E-state index contributed by atoms with van der Waals surface area (Å²) in [6.45, 7) is 7.36. The van der Waals surface area contributed by atoms with Crippen molar-refractivity contribution in [3.8, 4) is 0 Å². The number of aryl methyl sites for hydroxylation is 1. The van der Waals surface area contributed by atoms with Crippen molar-refractivity contribution < 1.29 is 14.6 Å². The van der Waals surface area contributed by atoms with E-state index in [1.165, 1.54) is 0 Å². The summed E-state index contributed by atoms with van der Waals surface area (Å²) in [7, 11) is -3.37. The first-order chi connectivity index (χ1) is 19.2. The highest BCUT2D eigenvalue weighted by Crippen LogP contribution is 2.55. The maximum Gasteiger partial charge on any atom is 0.239 e. The van der Waals surface area contributed by atoms with Gasteiger partial charge in [-0.15, -0.1) is 0 Å². The standard InChI is InChI=1S/C31H41N5O3S.H2/c1-3-35-15-13-30(14-16-35)18-24(19-30)40(38,39)23-9-10-26(21(2)17-23)33-29-32-20-25-27(34-29)36(22-7-4-5-8-22)28(37)31(25)11-6-12-31;/h9-10,17,20,22,24H,3-8,11-16,18-19H2,1-2H3,(H,32,33,34);1H. The molecule has 3 saturated carbocycles. The SMILES string of the molecule is CCN1CCC2(CC1)CC(S(=O)(=O)c1ccc(Nc3ncc4c(n3)N(C3CCCC3)C(=O)C43CCC3)c(C)c1)C2.[HH]. The van der Waals surface area contributed by atoms with Gasteiger partial charge < -0.3 is 10.2 Å². The van der Waals surface area contributed by atoms with Crippen molar-refractivity contribution in [2.45, 2.75) is 106 Å². The summed E-state index contributed by atoms with van der Waals surface area (Å²) in [4.78, 5) is 27.9. The summed E-state index contributed by atoms with van der Waals surface area (Å²) in [6, 6.07) is 5.57. The molecule has 1 amide bonds. The van der Waals surface area contributed by atoms with E-state index in [1.54, 1.807) is 12.1 Å². The Morgan fingerprint density at radius 3 is 2.42 bits per heavy atom. The van der Waals surface area contributed by atoms with Gasteiger partial charge in [-0.05, 0) is 107 Å². The van der Waals surface area contributed by atoms with Crippen molar-refractivity contribution in [2.75, 3.05) is 29.9 Å². The van der Waals surface area contributed by atoms with E-state index in [1.807, 2.05) is 24.1 Å². The number of sulfone groups is 1. The van der Waals surface area contributed by atoms with Crippen molar-refractivity contribution >= 4 is 33.2 Å². The molecule has 2 aromatic rings. The Morgan fingerprint density at radius 1 is 1.07 bits per heavy atom. The van der Waals surface area contributed by atoms with Crippen LogP contribution in [0.1, 0.15) is 90.1 Å².